The van der Waals surface area contributed by atoms with Gasteiger partial charge in [-0.3, -0.25) is 5.32 Å². The highest BCUT2D eigenvalue weighted by Gasteiger charge is 2.19. The summed E-state index contributed by atoms with van der Waals surface area (Å²) in [7, 11) is 0. The molecule has 0 spiro atoms. The number of nitrogens with one attached hydrogen (secondary N) is 3. The molecule has 8 heteroatoms. The number of fused-ring (bicyclic) bond motifs is 1. The van der Waals surface area contributed by atoms with E-state index in [4.69, 9.17) is 0 Å². The molecule has 28 heavy (non-hydrogen) atoms. The van der Waals surface area contributed by atoms with Crippen molar-refractivity contribution < 1.29 is 4.79 Å². The Morgan fingerprint density at radius 2 is 1.82 bits per heavy atom. The maximum atomic E-state index is 11.6. The number of benzene rings is 1. The maximum Gasteiger partial charge on any atom is 0.320 e. The number of carbonyl (C=O) groups is 1. The molecule has 2 amide bonds. The van der Waals surface area contributed by atoms with E-state index in [1.54, 1.807) is 12.1 Å². The number of nitrogens with zero attached hydrogens (tertiary/aromatic N) is 4. The van der Waals surface area contributed by atoms with Gasteiger partial charge in [-0.15, -0.1) is 0 Å². The van der Waals surface area contributed by atoms with E-state index in [1.165, 1.54) is 6.20 Å². The van der Waals surface area contributed by atoms with Crippen LogP contribution < -0.4 is 16.0 Å². The Labute approximate surface area is 163 Å². The first-order chi connectivity index (χ1) is 13.4. The molecule has 0 aliphatic heterocycles. The van der Waals surface area contributed by atoms with Crippen LogP contribution in [0.1, 0.15) is 26.3 Å². The van der Waals surface area contributed by atoms with Crippen LogP contribution in [0, 0.1) is 11.3 Å². The molecular weight excluding hydrogens is 354 g/mol. The Balaban J connectivity index is 1.80. The Bertz CT molecular complexity index is 1040. The van der Waals surface area contributed by atoms with Crippen molar-refractivity contribution in [2.24, 2.45) is 0 Å². The van der Waals surface area contributed by atoms with Crippen molar-refractivity contribution in [3.8, 4) is 6.07 Å². The molecule has 2 aromatic heterocycles. The molecule has 2 heterocycles. The number of rotatable bonds is 5. The van der Waals surface area contributed by atoms with Gasteiger partial charge in [0.25, 0.3) is 0 Å². The highest BCUT2D eigenvalue weighted by molar-refractivity contribution is 5.89. The van der Waals surface area contributed by atoms with Gasteiger partial charge in [0, 0.05) is 12.2 Å². The second-order valence-electron chi connectivity index (χ2n) is 6.72. The van der Waals surface area contributed by atoms with E-state index >= 15 is 0 Å². The number of aromatic nitrogens is 3. The minimum absolute atomic E-state index is 0.325. The van der Waals surface area contributed by atoms with E-state index in [0.717, 1.165) is 11.3 Å². The standard InChI is InChI=1S/C20H21N7O/c1-4-22-19(28)27-17-11-23-15-9-10-16(25-18(15)26-17)24-14-7-5-13(6-8-14)20(2,3)12-21/h5-11H,4H2,1-3H3,(H3,22,24,25,26,27,28). The fourth-order valence-electron chi connectivity index (χ4n) is 2.53. The first-order valence-corrected chi connectivity index (χ1v) is 8.89. The number of urea groups is 1. The topological polar surface area (TPSA) is 116 Å². The average Bonchev–Trinajstić information content (AvgIpc) is 2.68. The van der Waals surface area contributed by atoms with Crippen LogP contribution in [0.4, 0.5) is 22.1 Å². The van der Waals surface area contributed by atoms with Gasteiger partial charge >= 0.3 is 6.03 Å². The molecule has 142 valence electrons. The average molecular weight is 375 g/mol. The van der Waals surface area contributed by atoms with Crippen LogP contribution in [0.2, 0.25) is 0 Å². The first-order valence-electron chi connectivity index (χ1n) is 8.89. The third-order valence-electron chi connectivity index (χ3n) is 4.14. The molecule has 0 bridgehead atoms. The highest BCUT2D eigenvalue weighted by atomic mass is 16.2. The minimum Gasteiger partial charge on any atom is -0.340 e. The summed E-state index contributed by atoms with van der Waals surface area (Å²) < 4.78 is 0. The number of anilines is 3. The molecule has 3 rings (SSSR count). The number of hydrogen-bond donors (Lipinski definition) is 3. The fraction of sp³-hybridized carbons (Fsp3) is 0.250. The summed E-state index contributed by atoms with van der Waals surface area (Å²) in [5.41, 5.74) is 2.29. The summed E-state index contributed by atoms with van der Waals surface area (Å²) in [5.74, 6) is 0.926. The molecule has 8 nitrogen and oxygen atoms in total. The van der Waals surface area contributed by atoms with Gasteiger partial charge in [-0.25, -0.2) is 19.7 Å². The van der Waals surface area contributed by atoms with Crippen LogP contribution in [0.15, 0.2) is 42.6 Å². The van der Waals surface area contributed by atoms with Crippen LogP contribution in [0.25, 0.3) is 11.2 Å². The molecular formula is C20H21N7O. The monoisotopic (exact) mass is 375 g/mol. The van der Waals surface area contributed by atoms with Gasteiger partial charge in [0.2, 0.25) is 0 Å². The van der Waals surface area contributed by atoms with E-state index in [0.29, 0.717) is 29.3 Å². The van der Waals surface area contributed by atoms with Crippen molar-refractivity contribution in [2.45, 2.75) is 26.2 Å². The lowest BCUT2D eigenvalue weighted by molar-refractivity contribution is 0.252. The third-order valence-corrected chi connectivity index (χ3v) is 4.14. The van der Waals surface area contributed by atoms with Crippen LogP contribution in [0.3, 0.4) is 0 Å². The number of hydrogen-bond acceptors (Lipinski definition) is 6. The van der Waals surface area contributed by atoms with Gasteiger partial charge in [-0.05, 0) is 50.6 Å². The van der Waals surface area contributed by atoms with Crippen molar-refractivity contribution in [3.05, 3.63) is 48.2 Å². The summed E-state index contributed by atoms with van der Waals surface area (Å²) in [5, 5.41) is 17.7. The van der Waals surface area contributed by atoms with Crippen molar-refractivity contribution in [1.29, 1.82) is 5.26 Å². The van der Waals surface area contributed by atoms with Gasteiger partial charge in [0.15, 0.2) is 11.5 Å². The van der Waals surface area contributed by atoms with Crippen molar-refractivity contribution in [2.75, 3.05) is 17.2 Å². The van der Waals surface area contributed by atoms with Gasteiger partial charge in [-0.2, -0.15) is 5.26 Å². The SMILES string of the molecule is CCNC(=O)Nc1cnc2ccc(Nc3ccc(C(C)(C)C#N)cc3)nc2n1. The minimum atomic E-state index is -0.539. The molecule has 0 saturated heterocycles. The molecule has 1 aromatic carbocycles. The zero-order chi connectivity index (χ0) is 20.1. The fourth-order valence-corrected chi connectivity index (χ4v) is 2.53. The Morgan fingerprint density at radius 3 is 2.50 bits per heavy atom. The quantitative estimate of drug-likeness (QED) is 0.626. The van der Waals surface area contributed by atoms with Crippen LogP contribution in [-0.4, -0.2) is 27.5 Å². The zero-order valence-electron chi connectivity index (χ0n) is 15.9. The molecule has 3 N–H and O–H groups in total. The summed E-state index contributed by atoms with van der Waals surface area (Å²) in [6.45, 7) is 6.11. The molecule has 0 aliphatic carbocycles. The van der Waals surface area contributed by atoms with E-state index in [-0.39, 0.29) is 6.03 Å². The lowest BCUT2D eigenvalue weighted by Gasteiger charge is -2.16. The molecule has 0 fully saturated rings. The number of carbonyl (C=O) groups excluding carboxylic acids is 1. The second-order valence-corrected chi connectivity index (χ2v) is 6.72. The summed E-state index contributed by atoms with van der Waals surface area (Å²) in [4.78, 5) is 24.7. The number of amides is 2. The Morgan fingerprint density at radius 1 is 1.11 bits per heavy atom. The van der Waals surface area contributed by atoms with Gasteiger partial charge in [0.05, 0.1) is 17.7 Å². The predicted molar refractivity (Wildman–Crippen MR) is 108 cm³/mol. The van der Waals surface area contributed by atoms with E-state index in [2.05, 4.69) is 37.0 Å². The lowest BCUT2D eigenvalue weighted by Crippen LogP contribution is -2.28. The zero-order valence-corrected chi connectivity index (χ0v) is 15.9. The van der Waals surface area contributed by atoms with E-state index in [9.17, 15) is 10.1 Å². The van der Waals surface area contributed by atoms with E-state index in [1.807, 2.05) is 45.0 Å². The number of nitriles is 1. The molecule has 3 aromatic rings. The predicted octanol–water partition coefficient (Wildman–Crippen LogP) is 3.71. The molecule has 0 atom stereocenters. The van der Waals surface area contributed by atoms with Gasteiger partial charge < -0.3 is 10.6 Å². The van der Waals surface area contributed by atoms with E-state index < -0.39 is 5.41 Å². The molecule has 0 aliphatic rings. The first kappa shape index (κ1) is 19.0. The van der Waals surface area contributed by atoms with Crippen LogP contribution in [-0.2, 0) is 5.41 Å². The summed E-state index contributed by atoms with van der Waals surface area (Å²) in [6.07, 6.45) is 1.49. The molecule has 0 unspecified atom stereocenters. The largest absolute Gasteiger partial charge is 0.340 e. The van der Waals surface area contributed by atoms with Crippen molar-refractivity contribution in [1.82, 2.24) is 20.3 Å². The normalized spacial score (nSPS) is 10.9. The van der Waals surface area contributed by atoms with Gasteiger partial charge in [0.1, 0.15) is 11.3 Å². The summed E-state index contributed by atoms with van der Waals surface area (Å²) in [6, 6.07) is 13.2. The van der Waals surface area contributed by atoms with Crippen LogP contribution >= 0.6 is 0 Å². The Hall–Kier alpha value is -3.73. The highest BCUT2D eigenvalue weighted by Crippen LogP contribution is 2.25. The lowest BCUT2D eigenvalue weighted by atomic mass is 9.86. The van der Waals surface area contributed by atoms with Gasteiger partial charge in [-0.1, -0.05) is 12.1 Å². The molecule has 0 radical (unpaired) electrons. The summed E-state index contributed by atoms with van der Waals surface area (Å²) >= 11 is 0. The van der Waals surface area contributed by atoms with Crippen LogP contribution in [0.5, 0.6) is 0 Å². The smallest absolute Gasteiger partial charge is 0.320 e. The Kier molecular flexibility index (Phi) is 5.36. The molecule has 0 saturated carbocycles. The maximum absolute atomic E-state index is 11.6. The van der Waals surface area contributed by atoms with Crippen molar-refractivity contribution >= 4 is 34.5 Å². The van der Waals surface area contributed by atoms with Crippen molar-refractivity contribution in [3.63, 3.8) is 0 Å². The second kappa shape index (κ2) is 7.88. The number of pyridine rings is 1. The third kappa shape index (κ3) is 4.32.